The number of nitrogens with zero attached hydrogens (tertiary/aromatic N) is 1. The topological polar surface area (TPSA) is 53.6 Å². The van der Waals surface area contributed by atoms with Gasteiger partial charge in [0.2, 0.25) is 0 Å². The molecular weight excluding hydrogens is 214 g/mol. The average molecular weight is 233 g/mol. The number of morpholine rings is 1. The number of rotatable bonds is 5. The first-order valence-electron chi connectivity index (χ1n) is 5.36. The first-order valence-corrected chi connectivity index (χ1v) is 6.13. The van der Waals surface area contributed by atoms with Crippen LogP contribution in [-0.4, -0.2) is 43.2 Å². The van der Waals surface area contributed by atoms with Crippen molar-refractivity contribution in [1.29, 1.82) is 0 Å². The van der Waals surface area contributed by atoms with E-state index < -0.39 is 0 Å². The zero-order valence-electron chi connectivity index (χ0n) is 9.12. The van der Waals surface area contributed by atoms with Crippen molar-refractivity contribution in [3.8, 4) is 0 Å². The molecule has 6 heteroatoms. The van der Waals surface area contributed by atoms with E-state index in [-0.39, 0.29) is 6.03 Å². The predicted octanol–water partition coefficient (Wildman–Crippen LogP) is 0.981. The normalized spacial score (nSPS) is 17.4. The predicted molar refractivity (Wildman–Crippen MR) is 61.4 cm³/mol. The van der Waals surface area contributed by atoms with Crippen molar-refractivity contribution >= 4 is 18.2 Å². The van der Waals surface area contributed by atoms with Gasteiger partial charge in [0.15, 0.2) is 0 Å². The fourth-order valence-electron chi connectivity index (χ4n) is 1.16. The van der Waals surface area contributed by atoms with Crippen LogP contribution in [0.1, 0.15) is 19.8 Å². The van der Waals surface area contributed by atoms with Gasteiger partial charge in [0, 0.05) is 31.8 Å². The van der Waals surface area contributed by atoms with Crippen LogP contribution in [0.3, 0.4) is 0 Å². The molecule has 15 heavy (non-hydrogen) atoms. The second-order valence-corrected chi connectivity index (χ2v) is 4.25. The maximum atomic E-state index is 11.3. The molecule has 0 spiro atoms. The molecule has 0 unspecified atom stereocenters. The molecule has 1 aliphatic heterocycles. The van der Waals surface area contributed by atoms with Crippen LogP contribution in [0.2, 0.25) is 0 Å². The number of amides is 2. The molecular formula is C9H19N3O2S. The Bertz CT molecular complexity index is 186. The maximum absolute atomic E-state index is 11.3. The standard InChI is InChI=1S/C9H19N3O2S/c1-2-3-4-10-9(13)11-15-12-5-7-14-8-6-12/h2-8H2,1H3,(H2,10,11,13). The molecule has 2 amide bonds. The largest absolute Gasteiger partial charge is 0.379 e. The summed E-state index contributed by atoms with van der Waals surface area (Å²) in [6.07, 6.45) is 2.12. The lowest BCUT2D eigenvalue weighted by atomic mass is 10.3. The van der Waals surface area contributed by atoms with Gasteiger partial charge in [0.1, 0.15) is 0 Å². The van der Waals surface area contributed by atoms with Gasteiger partial charge in [-0.1, -0.05) is 13.3 Å². The van der Waals surface area contributed by atoms with E-state index in [9.17, 15) is 4.79 Å². The summed E-state index contributed by atoms with van der Waals surface area (Å²) >= 11 is 1.35. The summed E-state index contributed by atoms with van der Waals surface area (Å²) in [6, 6.07) is -0.111. The van der Waals surface area contributed by atoms with E-state index in [0.717, 1.165) is 45.7 Å². The summed E-state index contributed by atoms with van der Waals surface area (Å²) in [5, 5.41) is 2.79. The molecule has 5 nitrogen and oxygen atoms in total. The van der Waals surface area contributed by atoms with Crippen molar-refractivity contribution < 1.29 is 9.53 Å². The fraction of sp³-hybridized carbons (Fsp3) is 0.889. The lowest BCUT2D eigenvalue weighted by molar-refractivity contribution is 0.0771. The summed E-state index contributed by atoms with van der Waals surface area (Å²) in [4.78, 5) is 11.3. The average Bonchev–Trinajstić information content (AvgIpc) is 2.28. The molecule has 0 aromatic heterocycles. The third-order valence-electron chi connectivity index (χ3n) is 2.05. The molecule has 0 saturated carbocycles. The SMILES string of the molecule is CCCCNC(=O)NSN1CCOCC1. The van der Waals surface area contributed by atoms with Gasteiger partial charge in [0.25, 0.3) is 0 Å². The van der Waals surface area contributed by atoms with Crippen molar-refractivity contribution in [2.24, 2.45) is 0 Å². The Kier molecular flexibility index (Phi) is 6.54. The number of urea groups is 1. The van der Waals surface area contributed by atoms with E-state index >= 15 is 0 Å². The van der Waals surface area contributed by atoms with E-state index in [0.29, 0.717) is 0 Å². The van der Waals surface area contributed by atoms with Gasteiger partial charge >= 0.3 is 6.03 Å². The summed E-state index contributed by atoms with van der Waals surface area (Å²) in [5.41, 5.74) is 0. The number of hydrogen-bond acceptors (Lipinski definition) is 4. The lowest BCUT2D eigenvalue weighted by Gasteiger charge is -2.24. The van der Waals surface area contributed by atoms with Gasteiger partial charge in [-0.2, -0.15) is 0 Å². The first kappa shape index (κ1) is 12.6. The molecule has 0 radical (unpaired) electrons. The highest BCUT2D eigenvalue weighted by Gasteiger charge is 2.11. The zero-order chi connectivity index (χ0) is 10.9. The summed E-state index contributed by atoms with van der Waals surface area (Å²) < 4.78 is 10.0. The Balaban J connectivity index is 2.00. The van der Waals surface area contributed by atoms with Gasteiger partial charge < -0.3 is 10.1 Å². The molecule has 0 aliphatic carbocycles. The van der Waals surface area contributed by atoms with E-state index in [1.165, 1.54) is 12.1 Å². The molecule has 2 N–H and O–H groups in total. The minimum atomic E-state index is -0.111. The van der Waals surface area contributed by atoms with Gasteiger partial charge in [-0.05, 0) is 6.42 Å². The van der Waals surface area contributed by atoms with Crippen LogP contribution in [0.25, 0.3) is 0 Å². The highest BCUT2D eigenvalue weighted by atomic mass is 32.2. The van der Waals surface area contributed by atoms with Crippen molar-refractivity contribution in [3.05, 3.63) is 0 Å². The van der Waals surface area contributed by atoms with Gasteiger partial charge in [-0.25, -0.2) is 9.10 Å². The number of carbonyl (C=O) groups is 1. The Morgan fingerprint density at radius 1 is 1.47 bits per heavy atom. The smallest absolute Gasteiger partial charge is 0.325 e. The van der Waals surface area contributed by atoms with E-state index in [1.807, 2.05) is 0 Å². The van der Waals surface area contributed by atoms with Crippen LogP contribution in [0.5, 0.6) is 0 Å². The minimum Gasteiger partial charge on any atom is -0.379 e. The number of unbranched alkanes of at least 4 members (excludes halogenated alkanes) is 1. The second-order valence-electron chi connectivity index (χ2n) is 3.34. The zero-order valence-corrected chi connectivity index (χ0v) is 9.94. The molecule has 0 bridgehead atoms. The lowest BCUT2D eigenvalue weighted by Crippen LogP contribution is -2.38. The van der Waals surface area contributed by atoms with E-state index in [1.54, 1.807) is 0 Å². The van der Waals surface area contributed by atoms with Crippen LogP contribution in [-0.2, 0) is 4.74 Å². The quantitative estimate of drug-likeness (QED) is 0.549. The molecule has 1 heterocycles. The molecule has 1 rings (SSSR count). The van der Waals surface area contributed by atoms with E-state index in [4.69, 9.17) is 4.74 Å². The van der Waals surface area contributed by atoms with Crippen LogP contribution in [0, 0.1) is 0 Å². The third-order valence-corrected chi connectivity index (χ3v) is 2.95. The highest BCUT2D eigenvalue weighted by Crippen LogP contribution is 2.07. The second kappa shape index (κ2) is 7.78. The monoisotopic (exact) mass is 233 g/mol. The van der Waals surface area contributed by atoms with Crippen molar-refractivity contribution in [1.82, 2.24) is 14.3 Å². The van der Waals surface area contributed by atoms with Gasteiger partial charge in [-0.3, -0.25) is 4.72 Å². The third kappa shape index (κ3) is 5.86. The van der Waals surface area contributed by atoms with Crippen LogP contribution in [0.15, 0.2) is 0 Å². The molecule has 88 valence electrons. The molecule has 0 aromatic carbocycles. The Morgan fingerprint density at radius 3 is 2.87 bits per heavy atom. The molecule has 0 aromatic rings. The maximum Gasteiger partial charge on any atom is 0.325 e. The molecule has 1 fully saturated rings. The minimum absolute atomic E-state index is 0.111. The van der Waals surface area contributed by atoms with Crippen molar-refractivity contribution in [2.45, 2.75) is 19.8 Å². The number of nitrogens with one attached hydrogen (secondary N) is 2. The Hall–Kier alpha value is -0.460. The summed E-state index contributed by atoms with van der Waals surface area (Å²) in [7, 11) is 0. The van der Waals surface area contributed by atoms with Crippen molar-refractivity contribution in [3.63, 3.8) is 0 Å². The van der Waals surface area contributed by atoms with Crippen LogP contribution in [0.4, 0.5) is 4.79 Å². The number of ether oxygens (including phenoxy) is 1. The van der Waals surface area contributed by atoms with Crippen molar-refractivity contribution in [2.75, 3.05) is 32.8 Å². The van der Waals surface area contributed by atoms with Crippen LogP contribution >= 0.6 is 12.1 Å². The fourth-order valence-corrected chi connectivity index (χ4v) is 1.77. The van der Waals surface area contributed by atoms with Crippen LogP contribution < -0.4 is 10.0 Å². The van der Waals surface area contributed by atoms with Gasteiger partial charge in [0.05, 0.1) is 13.2 Å². The first-order chi connectivity index (χ1) is 7.33. The summed E-state index contributed by atoms with van der Waals surface area (Å²) in [5.74, 6) is 0. The molecule has 1 aliphatic rings. The Labute approximate surface area is 95.2 Å². The number of carbonyl (C=O) groups excluding carboxylic acids is 1. The molecule has 1 saturated heterocycles. The highest BCUT2D eigenvalue weighted by molar-refractivity contribution is 7.95. The molecule has 0 atom stereocenters. The Morgan fingerprint density at radius 2 is 2.20 bits per heavy atom. The number of hydrogen-bond donors (Lipinski definition) is 2. The van der Waals surface area contributed by atoms with E-state index in [2.05, 4.69) is 21.3 Å². The van der Waals surface area contributed by atoms with Gasteiger partial charge in [-0.15, -0.1) is 0 Å². The summed E-state index contributed by atoms with van der Waals surface area (Å²) in [6.45, 7) is 6.05.